The number of halogens is 1. The second-order valence-corrected chi connectivity index (χ2v) is 8.70. The van der Waals surface area contributed by atoms with Crippen LogP contribution in [0.2, 0.25) is 5.02 Å². The van der Waals surface area contributed by atoms with E-state index in [1.54, 1.807) is 6.20 Å². The van der Waals surface area contributed by atoms with Crippen LogP contribution in [0.4, 0.5) is 10.6 Å². The van der Waals surface area contributed by atoms with E-state index >= 15 is 0 Å². The van der Waals surface area contributed by atoms with Crippen LogP contribution in [0.15, 0.2) is 36.5 Å². The Bertz CT molecular complexity index is 920. The number of carbonyl (C=O) groups is 2. The fourth-order valence-electron chi connectivity index (χ4n) is 2.87. The minimum Gasteiger partial charge on any atom is -0.444 e. The molecule has 1 fully saturated rings. The molecule has 1 aliphatic rings. The Morgan fingerprint density at radius 3 is 2.48 bits per heavy atom. The molecule has 6 nitrogen and oxygen atoms in total. The number of aromatic nitrogens is 1. The standard InChI is InChI=1S/C22H26ClN3O3/c1-13(25-21(28)29-22(2,3)4)17-8-7-15(11-18(17)23)16-9-10-24-19(12-16)26-20(27)14-5-6-14/h7-14H,5-6H2,1-4H3,(H,25,28)(H,24,26,27)/t13-/m1/s1. The van der Waals surface area contributed by atoms with Gasteiger partial charge < -0.3 is 15.4 Å². The Morgan fingerprint density at radius 2 is 1.86 bits per heavy atom. The van der Waals surface area contributed by atoms with E-state index in [-0.39, 0.29) is 17.9 Å². The molecule has 29 heavy (non-hydrogen) atoms. The summed E-state index contributed by atoms with van der Waals surface area (Å²) in [6.45, 7) is 7.29. The van der Waals surface area contributed by atoms with Crippen LogP contribution in [0, 0.1) is 5.92 Å². The quantitative estimate of drug-likeness (QED) is 0.691. The number of hydrogen-bond donors (Lipinski definition) is 2. The normalized spacial score (nSPS) is 14.8. The number of benzene rings is 1. The molecule has 7 heteroatoms. The topological polar surface area (TPSA) is 80.3 Å². The highest BCUT2D eigenvalue weighted by Gasteiger charge is 2.29. The molecule has 1 aromatic carbocycles. The van der Waals surface area contributed by atoms with E-state index in [4.69, 9.17) is 16.3 Å². The third-order valence-corrected chi connectivity index (χ3v) is 4.82. The average Bonchev–Trinajstić information content (AvgIpc) is 3.45. The summed E-state index contributed by atoms with van der Waals surface area (Å²) < 4.78 is 5.29. The van der Waals surface area contributed by atoms with E-state index in [1.165, 1.54) is 0 Å². The highest BCUT2D eigenvalue weighted by atomic mass is 35.5. The largest absolute Gasteiger partial charge is 0.444 e. The summed E-state index contributed by atoms with van der Waals surface area (Å²) >= 11 is 6.49. The SMILES string of the molecule is C[C@@H](NC(=O)OC(C)(C)C)c1ccc(-c2ccnc(NC(=O)C3CC3)c2)cc1Cl. The number of ether oxygens (including phenoxy) is 1. The maximum atomic E-state index is 12.0. The number of rotatable bonds is 5. The Kier molecular flexibility index (Phi) is 6.13. The first-order chi connectivity index (χ1) is 13.6. The minimum atomic E-state index is -0.564. The van der Waals surface area contributed by atoms with Crippen molar-refractivity contribution in [3.63, 3.8) is 0 Å². The first-order valence-corrected chi connectivity index (χ1v) is 10.1. The third kappa shape index (κ3) is 5.94. The van der Waals surface area contributed by atoms with Gasteiger partial charge in [-0.1, -0.05) is 23.7 Å². The van der Waals surface area contributed by atoms with Gasteiger partial charge in [0, 0.05) is 17.1 Å². The molecule has 2 N–H and O–H groups in total. The highest BCUT2D eigenvalue weighted by Crippen LogP contribution is 2.32. The van der Waals surface area contributed by atoms with E-state index < -0.39 is 11.7 Å². The molecule has 0 saturated heterocycles. The Labute approximate surface area is 176 Å². The molecule has 0 radical (unpaired) electrons. The van der Waals surface area contributed by atoms with Crippen LogP contribution in [0.5, 0.6) is 0 Å². The van der Waals surface area contributed by atoms with E-state index in [0.29, 0.717) is 10.8 Å². The van der Waals surface area contributed by atoms with Gasteiger partial charge in [-0.05, 0) is 75.4 Å². The lowest BCUT2D eigenvalue weighted by molar-refractivity contribution is -0.117. The van der Waals surface area contributed by atoms with Crippen molar-refractivity contribution in [1.29, 1.82) is 0 Å². The lowest BCUT2D eigenvalue weighted by Crippen LogP contribution is -2.34. The zero-order valence-electron chi connectivity index (χ0n) is 17.1. The van der Waals surface area contributed by atoms with Crippen molar-refractivity contribution in [3.05, 3.63) is 47.1 Å². The first kappa shape index (κ1) is 21.1. The summed E-state index contributed by atoms with van der Waals surface area (Å²) in [5.41, 5.74) is 2.02. The summed E-state index contributed by atoms with van der Waals surface area (Å²) in [6.07, 6.45) is 3.05. The van der Waals surface area contributed by atoms with Crippen LogP contribution < -0.4 is 10.6 Å². The van der Waals surface area contributed by atoms with Crippen LogP contribution in [0.3, 0.4) is 0 Å². The maximum absolute atomic E-state index is 12.0. The van der Waals surface area contributed by atoms with Crippen molar-refractivity contribution < 1.29 is 14.3 Å². The summed E-state index contributed by atoms with van der Waals surface area (Å²) in [4.78, 5) is 28.2. The molecule has 0 bridgehead atoms. The van der Waals surface area contributed by atoms with Crippen LogP contribution in [-0.4, -0.2) is 22.6 Å². The number of pyridine rings is 1. The van der Waals surface area contributed by atoms with E-state index in [9.17, 15) is 9.59 Å². The fraction of sp³-hybridized carbons (Fsp3) is 0.409. The summed E-state index contributed by atoms with van der Waals surface area (Å²) in [6, 6.07) is 9.02. The first-order valence-electron chi connectivity index (χ1n) is 9.68. The predicted molar refractivity (Wildman–Crippen MR) is 114 cm³/mol. The molecule has 2 amide bonds. The number of carbonyl (C=O) groups excluding carboxylic acids is 2. The number of hydrogen-bond acceptors (Lipinski definition) is 4. The van der Waals surface area contributed by atoms with Crippen molar-refractivity contribution in [2.75, 3.05) is 5.32 Å². The molecule has 2 aromatic rings. The lowest BCUT2D eigenvalue weighted by Gasteiger charge is -2.22. The molecule has 1 heterocycles. The second-order valence-electron chi connectivity index (χ2n) is 8.30. The van der Waals surface area contributed by atoms with Crippen LogP contribution in [0.1, 0.15) is 52.1 Å². The van der Waals surface area contributed by atoms with Gasteiger partial charge in [-0.2, -0.15) is 0 Å². The number of nitrogens with zero attached hydrogens (tertiary/aromatic N) is 1. The number of anilines is 1. The van der Waals surface area contributed by atoms with Gasteiger partial charge in [0.15, 0.2) is 0 Å². The van der Waals surface area contributed by atoms with Crippen molar-refractivity contribution in [2.24, 2.45) is 5.92 Å². The van der Waals surface area contributed by atoms with Gasteiger partial charge in [-0.3, -0.25) is 4.79 Å². The van der Waals surface area contributed by atoms with E-state index in [2.05, 4.69) is 15.6 Å². The zero-order chi connectivity index (χ0) is 21.2. The predicted octanol–water partition coefficient (Wildman–Crippen LogP) is 5.34. The molecule has 0 spiro atoms. The van der Waals surface area contributed by atoms with Gasteiger partial charge >= 0.3 is 6.09 Å². The number of nitrogens with one attached hydrogen (secondary N) is 2. The van der Waals surface area contributed by atoms with Crippen LogP contribution >= 0.6 is 11.6 Å². The number of amides is 2. The van der Waals surface area contributed by atoms with Gasteiger partial charge in [-0.25, -0.2) is 9.78 Å². The Morgan fingerprint density at radius 1 is 1.17 bits per heavy atom. The minimum absolute atomic E-state index is 0.0186. The zero-order valence-corrected chi connectivity index (χ0v) is 17.8. The molecule has 1 aromatic heterocycles. The molecular weight excluding hydrogens is 390 g/mol. The van der Waals surface area contributed by atoms with Gasteiger partial charge in [0.2, 0.25) is 5.91 Å². The molecule has 0 unspecified atom stereocenters. The molecule has 0 aliphatic heterocycles. The van der Waals surface area contributed by atoms with E-state index in [0.717, 1.165) is 29.5 Å². The van der Waals surface area contributed by atoms with Crippen LogP contribution in [-0.2, 0) is 9.53 Å². The fourth-order valence-corrected chi connectivity index (χ4v) is 3.22. The van der Waals surface area contributed by atoms with Crippen molar-refractivity contribution in [2.45, 2.75) is 52.2 Å². The Balaban J connectivity index is 1.72. The number of alkyl carbamates (subject to hydrolysis) is 1. The smallest absolute Gasteiger partial charge is 0.408 e. The van der Waals surface area contributed by atoms with Gasteiger partial charge in [0.05, 0.1) is 6.04 Å². The lowest BCUT2D eigenvalue weighted by atomic mass is 10.0. The maximum Gasteiger partial charge on any atom is 0.408 e. The monoisotopic (exact) mass is 415 g/mol. The van der Waals surface area contributed by atoms with E-state index in [1.807, 2.05) is 58.0 Å². The molecule has 1 saturated carbocycles. The summed E-state index contributed by atoms with van der Waals surface area (Å²) in [7, 11) is 0. The van der Waals surface area contributed by atoms with Crippen LogP contribution in [0.25, 0.3) is 11.1 Å². The summed E-state index contributed by atoms with van der Waals surface area (Å²) in [5.74, 6) is 0.665. The molecule has 1 atom stereocenters. The third-order valence-electron chi connectivity index (χ3n) is 4.49. The Hall–Kier alpha value is -2.60. The molecule has 3 rings (SSSR count). The van der Waals surface area contributed by atoms with Crippen molar-refractivity contribution in [3.8, 4) is 11.1 Å². The molecule has 1 aliphatic carbocycles. The van der Waals surface area contributed by atoms with Gasteiger partial charge in [0.1, 0.15) is 11.4 Å². The molecular formula is C22H26ClN3O3. The van der Waals surface area contributed by atoms with Gasteiger partial charge in [0.25, 0.3) is 0 Å². The molecule has 154 valence electrons. The average molecular weight is 416 g/mol. The van der Waals surface area contributed by atoms with Crippen molar-refractivity contribution in [1.82, 2.24) is 10.3 Å². The second kappa shape index (κ2) is 8.41. The van der Waals surface area contributed by atoms with Gasteiger partial charge in [-0.15, -0.1) is 0 Å². The summed E-state index contributed by atoms with van der Waals surface area (Å²) in [5, 5.41) is 6.18. The van der Waals surface area contributed by atoms with Crippen molar-refractivity contribution >= 4 is 29.4 Å². The highest BCUT2D eigenvalue weighted by molar-refractivity contribution is 6.31.